The second-order valence-electron chi connectivity index (χ2n) is 9.58. The van der Waals surface area contributed by atoms with Crippen molar-refractivity contribution in [1.82, 2.24) is 9.80 Å². The van der Waals surface area contributed by atoms with Gasteiger partial charge >= 0.3 is 18.3 Å². The van der Waals surface area contributed by atoms with Gasteiger partial charge < -0.3 is 24.0 Å². The fourth-order valence-electron chi connectivity index (χ4n) is 4.18. The molecule has 0 saturated carbocycles. The molecule has 37 heavy (non-hydrogen) atoms. The number of carbonyl (C=O) groups is 2. The van der Waals surface area contributed by atoms with Crippen LogP contribution in [0.15, 0.2) is 16.0 Å². The van der Waals surface area contributed by atoms with Crippen molar-refractivity contribution in [3.8, 4) is 0 Å². The number of alkyl halides is 3. The van der Waals surface area contributed by atoms with E-state index >= 15 is 0 Å². The summed E-state index contributed by atoms with van der Waals surface area (Å²) in [6.45, 7) is 6.33. The highest BCUT2D eigenvalue weighted by Crippen LogP contribution is 2.49. The van der Waals surface area contributed by atoms with Gasteiger partial charge in [-0.2, -0.15) is 22.5 Å². The minimum absolute atomic E-state index is 0.0138. The topological polar surface area (TPSA) is 83.7 Å². The molecule has 4 rings (SSSR count). The number of amides is 3. The molecule has 1 aromatic rings. The number of methoxy groups -OCH3 is 1. The number of nitrogens with zero attached hydrogens (tertiary/aromatic N) is 4. The molecule has 0 aromatic heterocycles. The molecule has 3 aliphatic rings. The molecule has 3 heterocycles. The Balaban J connectivity index is 1.72. The maximum atomic E-state index is 13.9. The Kier molecular flexibility index (Phi) is 7.80. The van der Waals surface area contributed by atoms with Gasteiger partial charge in [-0.3, -0.25) is 0 Å². The average molecular weight is 564 g/mol. The van der Waals surface area contributed by atoms with Crippen molar-refractivity contribution in [3.63, 3.8) is 0 Å². The summed E-state index contributed by atoms with van der Waals surface area (Å²) >= 11 is 7.35. The average Bonchev–Trinajstić information content (AvgIpc) is 2.81. The number of benzene rings is 1. The van der Waals surface area contributed by atoms with E-state index in [4.69, 9.17) is 25.8 Å². The maximum Gasteiger partial charge on any atom is 0.547 e. The molecule has 0 aliphatic carbocycles. The Hall–Kier alpha value is -2.35. The van der Waals surface area contributed by atoms with E-state index in [0.29, 0.717) is 5.71 Å². The van der Waals surface area contributed by atoms with E-state index < -0.39 is 34.5 Å². The Morgan fingerprint density at radius 1 is 1.22 bits per heavy atom. The summed E-state index contributed by atoms with van der Waals surface area (Å²) in [6.07, 6.45) is -5.18. The lowest BCUT2D eigenvalue weighted by molar-refractivity contribution is -0.338. The summed E-state index contributed by atoms with van der Waals surface area (Å²) < 4.78 is 58.8. The van der Waals surface area contributed by atoms with Gasteiger partial charge in [-0.1, -0.05) is 11.6 Å². The van der Waals surface area contributed by atoms with Crippen LogP contribution in [0, 0.1) is 0 Å². The third kappa shape index (κ3) is 5.74. The first-order valence-corrected chi connectivity index (χ1v) is 12.8. The third-order valence-electron chi connectivity index (χ3n) is 5.76. The molecule has 0 bridgehead atoms. The molecule has 14 heteroatoms. The molecule has 0 atom stereocenters. The second kappa shape index (κ2) is 10.4. The van der Waals surface area contributed by atoms with Gasteiger partial charge in [0.2, 0.25) is 0 Å². The highest BCUT2D eigenvalue weighted by molar-refractivity contribution is 8.00. The van der Waals surface area contributed by atoms with Crippen LogP contribution in [0.2, 0.25) is 5.02 Å². The predicted molar refractivity (Wildman–Crippen MR) is 131 cm³/mol. The van der Waals surface area contributed by atoms with Gasteiger partial charge in [-0.25, -0.2) is 4.79 Å². The number of amidine groups is 1. The van der Waals surface area contributed by atoms with Crippen molar-refractivity contribution >= 4 is 52.7 Å². The van der Waals surface area contributed by atoms with Crippen molar-refractivity contribution in [1.29, 1.82) is 0 Å². The molecule has 3 aliphatic heterocycles. The van der Waals surface area contributed by atoms with Crippen molar-refractivity contribution in [2.75, 3.05) is 52.4 Å². The molecule has 9 nitrogen and oxygen atoms in total. The number of urea groups is 1. The number of rotatable bonds is 4. The number of thioether (sulfide) groups is 1. The van der Waals surface area contributed by atoms with Gasteiger partial charge in [0.1, 0.15) is 24.7 Å². The van der Waals surface area contributed by atoms with Crippen molar-refractivity contribution in [3.05, 3.63) is 22.2 Å². The predicted octanol–water partition coefficient (Wildman–Crippen LogP) is 4.60. The van der Waals surface area contributed by atoms with Crippen molar-refractivity contribution in [2.45, 2.75) is 37.4 Å². The van der Waals surface area contributed by atoms with Crippen LogP contribution < -0.4 is 0 Å². The monoisotopic (exact) mass is 563 g/mol. The fraction of sp³-hybridized carbons (Fsp3) is 0.565. The molecule has 1 saturated heterocycles. The van der Waals surface area contributed by atoms with Gasteiger partial charge in [-0.05, 0) is 26.8 Å². The molecule has 0 unspecified atom stereocenters. The Bertz CT molecular complexity index is 1170. The van der Waals surface area contributed by atoms with Crippen LogP contribution in [0.4, 0.5) is 28.4 Å². The van der Waals surface area contributed by atoms with Gasteiger partial charge in [0.05, 0.1) is 26.8 Å². The highest BCUT2D eigenvalue weighted by atomic mass is 35.5. The lowest BCUT2D eigenvalue weighted by Crippen LogP contribution is -2.52. The minimum Gasteiger partial charge on any atom is -0.444 e. The zero-order chi connectivity index (χ0) is 27.1. The molecule has 1 fully saturated rings. The molecule has 0 N–H and O–H groups in total. The van der Waals surface area contributed by atoms with E-state index in [-0.39, 0.29) is 67.3 Å². The quantitative estimate of drug-likeness (QED) is 0.301. The molecule has 0 spiro atoms. The van der Waals surface area contributed by atoms with Crippen LogP contribution in [0.25, 0.3) is 0 Å². The zero-order valence-corrected chi connectivity index (χ0v) is 22.3. The Morgan fingerprint density at radius 2 is 1.89 bits per heavy atom. The van der Waals surface area contributed by atoms with Gasteiger partial charge in [0.25, 0.3) is 5.84 Å². The van der Waals surface area contributed by atoms with Crippen LogP contribution in [-0.4, -0.2) is 96.1 Å². The van der Waals surface area contributed by atoms with E-state index in [1.54, 1.807) is 25.7 Å². The van der Waals surface area contributed by atoms with E-state index in [0.717, 1.165) is 17.8 Å². The fourth-order valence-corrected chi connectivity index (χ4v) is 5.70. The molecule has 1 aromatic carbocycles. The number of aliphatic imine (C=N–C) groups is 1. The number of halogens is 4. The normalized spacial score (nSPS) is 18.2. The first-order valence-electron chi connectivity index (χ1n) is 11.5. The van der Waals surface area contributed by atoms with E-state index in [1.807, 2.05) is 0 Å². The number of hydrogen-bond donors (Lipinski definition) is 0. The summed E-state index contributed by atoms with van der Waals surface area (Å²) in [5.41, 5.74) is -0.728. The van der Waals surface area contributed by atoms with E-state index in [1.165, 1.54) is 16.6 Å². The Labute approximate surface area is 221 Å². The van der Waals surface area contributed by atoms with Gasteiger partial charge in [0, 0.05) is 38.3 Å². The molecule has 3 amide bonds. The standard InChI is InChI=1S/C23H27ClF3N4O5S/c1-22(2,3)36-21(33)30-7-5-29(6-8-30)19-14-9-15(23(25,26)27)16(24)18-17(14)31(20(32)28-19)13(11-37-18)10-35-12-34-4/h9H,5-8,10-12H2,1-4H3/q+1. The van der Waals surface area contributed by atoms with Crippen LogP contribution in [0.3, 0.4) is 0 Å². The summed E-state index contributed by atoms with van der Waals surface area (Å²) in [5.74, 6) is 0.311. The summed E-state index contributed by atoms with van der Waals surface area (Å²) in [6, 6.07) is 0.296. The van der Waals surface area contributed by atoms with Crippen LogP contribution in [0.5, 0.6) is 0 Å². The number of carbonyl (C=O) groups excluding carboxylic acids is 2. The van der Waals surface area contributed by atoms with Gasteiger partial charge in [-0.15, -0.1) is 11.8 Å². The Morgan fingerprint density at radius 3 is 2.49 bits per heavy atom. The van der Waals surface area contributed by atoms with Crippen LogP contribution >= 0.6 is 23.4 Å². The van der Waals surface area contributed by atoms with Crippen LogP contribution in [0.1, 0.15) is 31.9 Å². The number of hydrogen-bond acceptors (Lipinski definition) is 7. The first kappa shape index (κ1) is 27.7. The lowest BCUT2D eigenvalue weighted by atomic mass is 10.0. The van der Waals surface area contributed by atoms with Crippen molar-refractivity contribution < 1.29 is 41.5 Å². The van der Waals surface area contributed by atoms with Crippen molar-refractivity contribution in [2.24, 2.45) is 4.99 Å². The SMILES string of the molecule is COCOCC1=[N+]2C(=O)N=C(N3CCN(C(=O)OC(C)(C)C)CC3)c3cc(C(F)(F)F)c(Cl)c(c32)SC1. The lowest BCUT2D eigenvalue weighted by Gasteiger charge is -2.36. The molecule has 202 valence electrons. The molecular formula is C23H27ClF3N4O5S+. The van der Waals surface area contributed by atoms with E-state index in [9.17, 15) is 22.8 Å². The largest absolute Gasteiger partial charge is 0.547 e. The van der Waals surface area contributed by atoms with Crippen LogP contribution in [-0.2, 0) is 20.4 Å². The number of ether oxygens (including phenoxy) is 3. The maximum absolute atomic E-state index is 13.9. The highest BCUT2D eigenvalue weighted by Gasteiger charge is 2.46. The smallest absolute Gasteiger partial charge is 0.444 e. The molecular weight excluding hydrogens is 537 g/mol. The zero-order valence-electron chi connectivity index (χ0n) is 20.8. The second-order valence-corrected chi connectivity index (χ2v) is 10.9. The first-order chi connectivity index (χ1) is 17.3. The third-order valence-corrected chi connectivity index (χ3v) is 7.43. The summed E-state index contributed by atoms with van der Waals surface area (Å²) in [7, 11) is 1.46. The minimum atomic E-state index is -4.71. The molecule has 0 radical (unpaired) electrons. The van der Waals surface area contributed by atoms with Gasteiger partial charge in [0.15, 0.2) is 5.69 Å². The summed E-state index contributed by atoms with van der Waals surface area (Å²) in [5, 5.41) is -0.457. The summed E-state index contributed by atoms with van der Waals surface area (Å²) in [4.78, 5) is 33.3. The number of piperazine rings is 1. The van der Waals surface area contributed by atoms with E-state index in [2.05, 4.69) is 4.99 Å².